The highest BCUT2D eigenvalue weighted by atomic mass is 16.2. The Hall–Kier alpha value is -0.590. The first-order valence-corrected chi connectivity index (χ1v) is 6.56. The first-order valence-electron chi connectivity index (χ1n) is 6.56. The SMILES string of the molecule is CC(C)(C#N)CCCNCC(C)(C)CCCO. The van der Waals surface area contributed by atoms with E-state index in [1.165, 1.54) is 0 Å². The van der Waals surface area contributed by atoms with Gasteiger partial charge in [-0.25, -0.2) is 0 Å². The molecule has 0 aromatic carbocycles. The second-order valence-electron chi connectivity index (χ2n) is 6.27. The summed E-state index contributed by atoms with van der Waals surface area (Å²) in [6.07, 6.45) is 3.89. The number of rotatable bonds is 9. The topological polar surface area (TPSA) is 56.0 Å². The van der Waals surface area contributed by atoms with E-state index in [1.54, 1.807) is 0 Å². The van der Waals surface area contributed by atoms with Gasteiger partial charge in [0.15, 0.2) is 0 Å². The van der Waals surface area contributed by atoms with Crippen molar-refractivity contribution in [2.75, 3.05) is 19.7 Å². The lowest BCUT2D eigenvalue weighted by Gasteiger charge is -2.25. The molecule has 0 aromatic heterocycles. The van der Waals surface area contributed by atoms with Crippen molar-refractivity contribution in [2.24, 2.45) is 10.8 Å². The van der Waals surface area contributed by atoms with Gasteiger partial charge in [-0.3, -0.25) is 0 Å². The number of aliphatic hydroxyl groups is 1. The van der Waals surface area contributed by atoms with E-state index in [0.717, 1.165) is 38.8 Å². The highest BCUT2D eigenvalue weighted by Crippen LogP contribution is 2.22. The van der Waals surface area contributed by atoms with Crippen LogP contribution >= 0.6 is 0 Å². The zero-order chi connectivity index (χ0) is 13.4. The van der Waals surface area contributed by atoms with Gasteiger partial charge in [0.2, 0.25) is 0 Å². The summed E-state index contributed by atoms with van der Waals surface area (Å²) in [6.45, 7) is 10.6. The first kappa shape index (κ1) is 16.4. The molecular formula is C14H28N2O. The fraction of sp³-hybridized carbons (Fsp3) is 0.929. The minimum atomic E-state index is -0.200. The Morgan fingerprint density at radius 2 is 1.76 bits per heavy atom. The number of nitrogens with one attached hydrogen (secondary N) is 1. The Labute approximate surface area is 106 Å². The molecule has 0 atom stereocenters. The number of hydrogen-bond donors (Lipinski definition) is 2. The second kappa shape index (κ2) is 7.68. The zero-order valence-corrected chi connectivity index (χ0v) is 11.8. The van der Waals surface area contributed by atoms with Crippen molar-refractivity contribution in [1.29, 1.82) is 5.26 Å². The largest absolute Gasteiger partial charge is 0.396 e. The van der Waals surface area contributed by atoms with Crippen molar-refractivity contribution in [3.05, 3.63) is 0 Å². The lowest BCUT2D eigenvalue weighted by molar-refractivity contribution is 0.236. The van der Waals surface area contributed by atoms with Crippen LogP contribution in [0.2, 0.25) is 0 Å². The Bertz CT molecular complexity index is 241. The van der Waals surface area contributed by atoms with Gasteiger partial charge in [-0.05, 0) is 51.5 Å². The summed E-state index contributed by atoms with van der Waals surface area (Å²) >= 11 is 0. The maximum atomic E-state index is 8.88. The lowest BCUT2D eigenvalue weighted by atomic mass is 9.87. The van der Waals surface area contributed by atoms with Gasteiger partial charge in [0.05, 0.1) is 11.5 Å². The van der Waals surface area contributed by atoms with Crippen molar-refractivity contribution in [3.63, 3.8) is 0 Å². The third-order valence-corrected chi connectivity index (χ3v) is 3.07. The van der Waals surface area contributed by atoms with Crippen LogP contribution in [0.1, 0.15) is 53.4 Å². The van der Waals surface area contributed by atoms with Crippen LogP contribution in [0, 0.1) is 22.2 Å². The van der Waals surface area contributed by atoms with Crippen molar-refractivity contribution in [1.82, 2.24) is 5.32 Å². The maximum Gasteiger partial charge on any atom is 0.0683 e. The summed E-state index contributed by atoms with van der Waals surface area (Å²) in [6, 6.07) is 2.32. The van der Waals surface area contributed by atoms with E-state index < -0.39 is 0 Å². The van der Waals surface area contributed by atoms with Gasteiger partial charge in [-0.15, -0.1) is 0 Å². The molecule has 0 saturated carbocycles. The second-order valence-corrected chi connectivity index (χ2v) is 6.27. The molecule has 0 aromatic rings. The van der Waals surface area contributed by atoms with Gasteiger partial charge in [0.1, 0.15) is 0 Å². The summed E-state index contributed by atoms with van der Waals surface area (Å²) in [5, 5.41) is 21.1. The third-order valence-electron chi connectivity index (χ3n) is 3.07. The number of nitriles is 1. The average molecular weight is 240 g/mol. The fourth-order valence-corrected chi connectivity index (χ4v) is 1.78. The Kier molecular flexibility index (Phi) is 7.41. The average Bonchev–Trinajstić information content (AvgIpc) is 2.26. The van der Waals surface area contributed by atoms with E-state index in [4.69, 9.17) is 10.4 Å². The minimum Gasteiger partial charge on any atom is -0.396 e. The molecule has 0 aliphatic carbocycles. The summed E-state index contributed by atoms with van der Waals surface area (Å²) in [7, 11) is 0. The summed E-state index contributed by atoms with van der Waals surface area (Å²) < 4.78 is 0. The number of aliphatic hydroxyl groups excluding tert-OH is 1. The van der Waals surface area contributed by atoms with E-state index in [-0.39, 0.29) is 17.4 Å². The number of nitrogens with zero attached hydrogens (tertiary/aromatic N) is 1. The van der Waals surface area contributed by atoms with E-state index in [2.05, 4.69) is 25.2 Å². The molecule has 0 rings (SSSR count). The molecule has 0 saturated heterocycles. The highest BCUT2D eigenvalue weighted by molar-refractivity contribution is 4.91. The van der Waals surface area contributed by atoms with Crippen molar-refractivity contribution in [2.45, 2.75) is 53.4 Å². The Morgan fingerprint density at radius 3 is 2.29 bits per heavy atom. The van der Waals surface area contributed by atoms with Crippen LogP contribution < -0.4 is 5.32 Å². The van der Waals surface area contributed by atoms with Crippen LogP contribution in [-0.2, 0) is 0 Å². The smallest absolute Gasteiger partial charge is 0.0683 e. The molecule has 100 valence electrons. The molecule has 0 unspecified atom stereocenters. The molecule has 0 heterocycles. The molecule has 0 bridgehead atoms. The quantitative estimate of drug-likeness (QED) is 0.609. The van der Waals surface area contributed by atoms with Crippen LogP contribution in [0.15, 0.2) is 0 Å². The summed E-state index contributed by atoms with van der Waals surface area (Å²) in [5.74, 6) is 0. The summed E-state index contributed by atoms with van der Waals surface area (Å²) in [5.41, 5.74) is 0.0432. The standard InChI is InChI=1S/C14H28N2O/c1-13(2,11-15)7-5-9-16-12-14(3,4)8-6-10-17/h16-17H,5-10,12H2,1-4H3. The van der Waals surface area contributed by atoms with Crippen LogP contribution in [0.5, 0.6) is 0 Å². The monoisotopic (exact) mass is 240 g/mol. The molecular weight excluding hydrogens is 212 g/mol. The van der Waals surface area contributed by atoms with E-state index in [1.807, 2.05) is 13.8 Å². The molecule has 17 heavy (non-hydrogen) atoms. The first-order chi connectivity index (χ1) is 7.83. The summed E-state index contributed by atoms with van der Waals surface area (Å²) in [4.78, 5) is 0. The van der Waals surface area contributed by atoms with Crippen LogP contribution in [-0.4, -0.2) is 24.8 Å². The third kappa shape index (κ3) is 9.14. The van der Waals surface area contributed by atoms with Crippen LogP contribution in [0.3, 0.4) is 0 Å². The van der Waals surface area contributed by atoms with Gasteiger partial charge < -0.3 is 10.4 Å². The van der Waals surface area contributed by atoms with Gasteiger partial charge in [0.25, 0.3) is 0 Å². The molecule has 0 spiro atoms. The Morgan fingerprint density at radius 1 is 1.12 bits per heavy atom. The predicted molar refractivity (Wildman–Crippen MR) is 71.6 cm³/mol. The van der Waals surface area contributed by atoms with E-state index in [9.17, 15) is 0 Å². The van der Waals surface area contributed by atoms with E-state index in [0.29, 0.717) is 0 Å². The van der Waals surface area contributed by atoms with Gasteiger partial charge in [0, 0.05) is 13.2 Å². The van der Waals surface area contributed by atoms with Gasteiger partial charge >= 0.3 is 0 Å². The van der Waals surface area contributed by atoms with Crippen molar-refractivity contribution >= 4 is 0 Å². The van der Waals surface area contributed by atoms with Crippen molar-refractivity contribution in [3.8, 4) is 6.07 Å². The molecule has 0 amide bonds. The zero-order valence-electron chi connectivity index (χ0n) is 11.8. The molecule has 0 fully saturated rings. The molecule has 0 aliphatic rings. The minimum absolute atomic E-state index is 0.200. The molecule has 0 aliphatic heterocycles. The van der Waals surface area contributed by atoms with Gasteiger partial charge in [-0.2, -0.15) is 5.26 Å². The predicted octanol–water partition coefficient (Wildman–Crippen LogP) is 2.70. The normalized spacial score (nSPS) is 12.5. The molecule has 2 N–H and O–H groups in total. The fourth-order valence-electron chi connectivity index (χ4n) is 1.78. The van der Waals surface area contributed by atoms with E-state index >= 15 is 0 Å². The molecule has 3 nitrogen and oxygen atoms in total. The van der Waals surface area contributed by atoms with Crippen molar-refractivity contribution < 1.29 is 5.11 Å². The van der Waals surface area contributed by atoms with Crippen LogP contribution in [0.4, 0.5) is 0 Å². The maximum absolute atomic E-state index is 8.88. The Balaban J connectivity index is 3.61. The molecule has 3 heteroatoms. The van der Waals surface area contributed by atoms with Crippen LogP contribution in [0.25, 0.3) is 0 Å². The lowest BCUT2D eigenvalue weighted by Crippen LogP contribution is -2.30. The molecule has 0 radical (unpaired) electrons. The number of hydrogen-bond acceptors (Lipinski definition) is 3. The van der Waals surface area contributed by atoms with Gasteiger partial charge in [-0.1, -0.05) is 13.8 Å². The highest BCUT2D eigenvalue weighted by Gasteiger charge is 2.18.